The lowest BCUT2D eigenvalue weighted by atomic mass is 10.5. The molecule has 4 heteroatoms. The van der Waals surface area contributed by atoms with Crippen molar-refractivity contribution in [3.63, 3.8) is 0 Å². The van der Waals surface area contributed by atoms with Crippen LogP contribution in [0.25, 0.3) is 0 Å². The quantitative estimate of drug-likeness (QED) is 0.648. The monoisotopic (exact) mass is 265 g/mol. The molecule has 1 aromatic heterocycles. The zero-order valence-corrected chi connectivity index (χ0v) is 10.2. The molecule has 1 rings (SSSR count). The summed E-state index contributed by atoms with van der Waals surface area (Å²) in [6, 6.07) is 4.27. The molecule has 0 aliphatic heterocycles. The van der Waals surface area contributed by atoms with Crippen LogP contribution in [0, 0.1) is 0 Å². The molecular formula is C8H12BrNS2. The minimum atomic E-state index is 1.11. The molecule has 1 nitrogen and oxygen atoms in total. The van der Waals surface area contributed by atoms with Gasteiger partial charge in [0.1, 0.15) is 0 Å². The summed E-state index contributed by atoms with van der Waals surface area (Å²) in [5, 5.41) is 3.14. The van der Waals surface area contributed by atoms with Gasteiger partial charge in [-0.05, 0) is 53.8 Å². The Balaban J connectivity index is 2.15. The van der Waals surface area contributed by atoms with Gasteiger partial charge in [0.05, 0.1) is 8.00 Å². The summed E-state index contributed by atoms with van der Waals surface area (Å²) in [5.41, 5.74) is 0. The van der Waals surface area contributed by atoms with Crippen molar-refractivity contribution < 1.29 is 0 Å². The normalized spacial score (nSPS) is 10.5. The van der Waals surface area contributed by atoms with Crippen LogP contribution in [0.2, 0.25) is 0 Å². The molecule has 0 saturated carbocycles. The van der Waals surface area contributed by atoms with Crippen molar-refractivity contribution in [1.29, 1.82) is 0 Å². The molecule has 12 heavy (non-hydrogen) atoms. The van der Waals surface area contributed by atoms with Crippen LogP contribution in [-0.4, -0.2) is 19.3 Å². The van der Waals surface area contributed by atoms with Gasteiger partial charge in [-0.1, -0.05) is 0 Å². The van der Waals surface area contributed by atoms with E-state index in [4.69, 9.17) is 0 Å². The van der Waals surface area contributed by atoms with Crippen molar-refractivity contribution in [2.45, 2.75) is 10.6 Å². The van der Waals surface area contributed by atoms with Crippen LogP contribution in [0.5, 0.6) is 0 Å². The highest BCUT2D eigenvalue weighted by Crippen LogP contribution is 2.30. The van der Waals surface area contributed by atoms with Gasteiger partial charge in [-0.2, -0.15) is 0 Å². The number of rotatable bonds is 5. The number of hydrogen-bond donors (Lipinski definition) is 1. The topological polar surface area (TPSA) is 12.0 Å². The Morgan fingerprint density at radius 2 is 2.42 bits per heavy atom. The number of thioether (sulfide) groups is 1. The fraction of sp³-hybridized carbons (Fsp3) is 0.500. The zero-order valence-electron chi connectivity index (χ0n) is 6.97. The summed E-state index contributed by atoms with van der Waals surface area (Å²) >= 11 is 7.18. The third-order valence-electron chi connectivity index (χ3n) is 1.36. The minimum Gasteiger partial charge on any atom is -0.320 e. The molecule has 0 aliphatic rings. The number of halogens is 1. The van der Waals surface area contributed by atoms with E-state index in [1.165, 1.54) is 20.2 Å². The SMILES string of the molecule is CNCCCSc1ccc(Br)s1. The highest BCUT2D eigenvalue weighted by Gasteiger charge is 1.96. The van der Waals surface area contributed by atoms with Gasteiger partial charge in [0.15, 0.2) is 0 Å². The molecule has 0 fully saturated rings. The second kappa shape index (κ2) is 6.02. The molecular weight excluding hydrogens is 254 g/mol. The van der Waals surface area contributed by atoms with Gasteiger partial charge in [-0.3, -0.25) is 0 Å². The second-order valence-corrected chi connectivity index (χ2v) is 6.22. The first-order valence-electron chi connectivity index (χ1n) is 3.85. The summed E-state index contributed by atoms with van der Waals surface area (Å²) in [5.74, 6) is 1.20. The summed E-state index contributed by atoms with van der Waals surface area (Å²) in [6.07, 6.45) is 1.23. The molecule has 0 spiro atoms. The van der Waals surface area contributed by atoms with Gasteiger partial charge in [0, 0.05) is 0 Å². The zero-order chi connectivity index (χ0) is 8.81. The summed E-state index contributed by atoms with van der Waals surface area (Å²) < 4.78 is 2.62. The van der Waals surface area contributed by atoms with E-state index in [2.05, 4.69) is 33.4 Å². The fourth-order valence-electron chi connectivity index (χ4n) is 0.797. The van der Waals surface area contributed by atoms with Crippen molar-refractivity contribution in [3.05, 3.63) is 15.9 Å². The minimum absolute atomic E-state index is 1.11. The number of hydrogen-bond acceptors (Lipinski definition) is 3. The fourth-order valence-corrected chi connectivity index (χ4v) is 3.65. The Morgan fingerprint density at radius 1 is 1.58 bits per heavy atom. The molecule has 1 heterocycles. The maximum absolute atomic E-state index is 3.45. The highest BCUT2D eigenvalue weighted by molar-refractivity contribution is 9.11. The Morgan fingerprint density at radius 3 is 3.00 bits per heavy atom. The maximum atomic E-state index is 3.45. The molecule has 0 radical (unpaired) electrons. The molecule has 0 amide bonds. The van der Waals surface area contributed by atoms with Crippen molar-refractivity contribution in [3.8, 4) is 0 Å². The van der Waals surface area contributed by atoms with Gasteiger partial charge in [-0.15, -0.1) is 23.1 Å². The lowest BCUT2D eigenvalue weighted by Crippen LogP contribution is -2.07. The van der Waals surface area contributed by atoms with Gasteiger partial charge >= 0.3 is 0 Å². The van der Waals surface area contributed by atoms with E-state index in [0.29, 0.717) is 0 Å². The third-order valence-corrected chi connectivity index (χ3v) is 4.30. The average Bonchev–Trinajstić information content (AvgIpc) is 2.45. The predicted octanol–water partition coefficient (Wildman–Crippen LogP) is 3.21. The molecule has 0 aromatic carbocycles. The first kappa shape index (κ1) is 10.6. The molecule has 0 unspecified atom stereocenters. The number of nitrogens with one attached hydrogen (secondary N) is 1. The average molecular weight is 266 g/mol. The summed E-state index contributed by atoms with van der Waals surface area (Å²) in [4.78, 5) is 0. The molecule has 0 bridgehead atoms. The van der Waals surface area contributed by atoms with Crippen LogP contribution in [0.3, 0.4) is 0 Å². The van der Waals surface area contributed by atoms with E-state index < -0.39 is 0 Å². The summed E-state index contributed by atoms with van der Waals surface area (Å²) in [7, 11) is 1.99. The first-order valence-corrected chi connectivity index (χ1v) is 6.45. The second-order valence-electron chi connectivity index (χ2n) is 2.36. The number of thiophene rings is 1. The Labute approximate surface area is 90.1 Å². The molecule has 68 valence electrons. The van der Waals surface area contributed by atoms with Gasteiger partial charge < -0.3 is 5.32 Å². The lowest BCUT2D eigenvalue weighted by molar-refractivity contribution is 0.778. The van der Waals surface area contributed by atoms with E-state index in [1.54, 1.807) is 11.3 Å². The van der Waals surface area contributed by atoms with E-state index in [1.807, 2.05) is 18.8 Å². The molecule has 1 N–H and O–H groups in total. The van der Waals surface area contributed by atoms with Crippen LogP contribution in [-0.2, 0) is 0 Å². The molecule has 0 aliphatic carbocycles. The largest absolute Gasteiger partial charge is 0.320 e. The highest BCUT2D eigenvalue weighted by atomic mass is 79.9. The Bertz CT molecular complexity index is 225. The van der Waals surface area contributed by atoms with Gasteiger partial charge in [0.2, 0.25) is 0 Å². The first-order chi connectivity index (χ1) is 5.83. The lowest BCUT2D eigenvalue weighted by Gasteiger charge is -1.97. The van der Waals surface area contributed by atoms with Crippen LogP contribution >= 0.6 is 39.0 Å². The van der Waals surface area contributed by atoms with Gasteiger partial charge in [0.25, 0.3) is 0 Å². The van der Waals surface area contributed by atoms with Crippen molar-refractivity contribution in [1.82, 2.24) is 5.32 Å². The van der Waals surface area contributed by atoms with E-state index in [9.17, 15) is 0 Å². The molecule has 1 aromatic rings. The maximum Gasteiger partial charge on any atom is 0.0710 e. The Kier molecular flexibility index (Phi) is 5.30. The van der Waals surface area contributed by atoms with Crippen LogP contribution < -0.4 is 5.32 Å². The van der Waals surface area contributed by atoms with E-state index >= 15 is 0 Å². The van der Waals surface area contributed by atoms with E-state index in [0.717, 1.165) is 6.54 Å². The Hall–Kier alpha value is 0.490. The van der Waals surface area contributed by atoms with Crippen LogP contribution in [0.4, 0.5) is 0 Å². The molecule has 0 saturated heterocycles. The smallest absolute Gasteiger partial charge is 0.0710 e. The van der Waals surface area contributed by atoms with Crippen LogP contribution in [0.1, 0.15) is 6.42 Å². The van der Waals surface area contributed by atoms with Gasteiger partial charge in [-0.25, -0.2) is 0 Å². The van der Waals surface area contributed by atoms with Crippen LogP contribution in [0.15, 0.2) is 20.1 Å². The molecule has 0 atom stereocenters. The standard InChI is InChI=1S/C8H12BrNS2/c1-10-5-2-6-11-8-4-3-7(9)12-8/h3-4,10H,2,5-6H2,1H3. The van der Waals surface area contributed by atoms with Crippen molar-refractivity contribution in [2.75, 3.05) is 19.3 Å². The summed E-state index contributed by atoms with van der Waals surface area (Å²) in [6.45, 7) is 1.11. The van der Waals surface area contributed by atoms with Crippen molar-refractivity contribution in [2.24, 2.45) is 0 Å². The third kappa shape index (κ3) is 3.94. The van der Waals surface area contributed by atoms with Crippen molar-refractivity contribution >= 4 is 39.0 Å². The predicted molar refractivity (Wildman–Crippen MR) is 61.3 cm³/mol. The van der Waals surface area contributed by atoms with E-state index in [-0.39, 0.29) is 0 Å².